The second-order valence-electron chi connectivity index (χ2n) is 4.54. The van der Waals surface area contributed by atoms with E-state index in [1.165, 1.54) is 0 Å². The third-order valence-corrected chi connectivity index (χ3v) is 3.32. The van der Waals surface area contributed by atoms with Crippen molar-refractivity contribution in [2.75, 3.05) is 0 Å². The van der Waals surface area contributed by atoms with Gasteiger partial charge < -0.3 is 5.11 Å². The minimum Gasteiger partial charge on any atom is -0.477 e. The molecule has 0 aliphatic rings. The molecule has 1 N–H and O–H groups in total. The number of rotatable bonds is 4. The molecule has 0 atom stereocenters. The summed E-state index contributed by atoms with van der Waals surface area (Å²) in [5.74, 6) is -1.18. The van der Waals surface area contributed by atoms with Crippen LogP contribution in [0.1, 0.15) is 18.9 Å². The van der Waals surface area contributed by atoms with E-state index in [-0.39, 0.29) is 5.57 Å². The van der Waals surface area contributed by atoms with E-state index in [1.807, 2.05) is 67.6 Å². The zero-order valence-electron chi connectivity index (χ0n) is 11.7. The molecule has 0 bridgehead atoms. The van der Waals surface area contributed by atoms with Crippen molar-refractivity contribution < 1.29 is 9.90 Å². The Morgan fingerprint density at radius 3 is 2.29 bits per heavy atom. The Morgan fingerprint density at radius 1 is 1.10 bits per heavy atom. The molecule has 0 radical (unpaired) electrons. The fourth-order valence-corrected chi connectivity index (χ4v) is 2.36. The topological polar surface area (TPSA) is 61.1 Å². The van der Waals surface area contributed by atoms with Gasteiger partial charge in [-0.15, -0.1) is 0 Å². The molecule has 0 heterocycles. The van der Waals surface area contributed by atoms with Gasteiger partial charge in [0, 0.05) is 0 Å². The van der Waals surface area contributed by atoms with Crippen molar-refractivity contribution in [2.45, 2.75) is 13.3 Å². The van der Waals surface area contributed by atoms with Crippen LogP contribution in [0.15, 0.2) is 60.2 Å². The van der Waals surface area contributed by atoms with E-state index in [2.05, 4.69) is 0 Å². The van der Waals surface area contributed by atoms with Crippen molar-refractivity contribution in [3.8, 4) is 17.2 Å². The Hall–Kier alpha value is -2.86. The van der Waals surface area contributed by atoms with E-state index in [0.29, 0.717) is 12.0 Å². The van der Waals surface area contributed by atoms with Crippen molar-refractivity contribution in [1.82, 2.24) is 0 Å². The minimum atomic E-state index is -1.18. The summed E-state index contributed by atoms with van der Waals surface area (Å²) in [5.41, 5.74) is 3.10. The van der Waals surface area contributed by atoms with Gasteiger partial charge in [0.1, 0.15) is 11.6 Å². The highest BCUT2D eigenvalue weighted by Crippen LogP contribution is 2.32. The van der Waals surface area contributed by atoms with E-state index in [1.54, 1.807) is 0 Å². The lowest BCUT2D eigenvalue weighted by Gasteiger charge is -2.13. The molecule has 0 aliphatic carbocycles. The molecule has 0 saturated carbocycles. The second-order valence-corrected chi connectivity index (χ2v) is 4.54. The highest BCUT2D eigenvalue weighted by molar-refractivity contribution is 6.02. The van der Waals surface area contributed by atoms with Crippen molar-refractivity contribution >= 4 is 11.5 Å². The van der Waals surface area contributed by atoms with Crippen LogP contribution in [0, 0.1) is 11.3 Å². The molecule has 21 heavy (non-hydrogen) atoms. The molecular formula is C18H15NO2. The Bertz CT molecular complexity index is 724. The number of allylic oxidation sites excluding steroid dienone is 1. The lowest BCUT2D eigenvalue weighted by atomic mass is 9.90. The maximum Gasteiger partial charge on any atom is 0.346 e. The SMILES string of the molecule is CCC(=C(C#N)C(=O)O)c1ccccc1-c1ccccc1. The number of aliphatic carboxylic acids is 1. The summed E-state index contributed by atoms with van der Waals surface area (Å²) in [7, 11) is 0. The molecule has 2 aromatic rings. The predicted octanol–water partition coefficient (Wildman–Crippen LogP) is 4.13. The van der Waals surface area contributed by atoms with Crippen molar-refractivity contribution in [1.29, 1.82) is 5.26 Å². The van der Waals surface area contributed by atoms with Crippen LogP contribution in [-0.4, -0.2) is 11.1 Å². The highest BCUT2D eigenvalue weighted by atomic mass is 16.4. The number of hydrogen-bond acceptors (Lipinski definition) is 2. The molecule has 0 aromatic heterocycles. The lowest BCUT2D eigenvalue weighted by Crippen LogP contribution is -2.03. The number of hydrogen-bond donors (Lipinski definition) is 1. The molecule has 0 spiro atoms. The van der Waals surface area contributed by atoms with Crippen LogP contribution in [0.5, 0.6) is 0 Å². The Morgan fingerprint density at radius 2 is 1.71 bits per heavy atom. The van der Waals surface area contributed by atoms with E-state index in [4.69, 9.17) is 5.26 Å². The number of carboxylic acids is 1. The summed E-state index contributed by atoms with van der Waals surface area (Å²) < 4.78 is 0. The van der Waals surface area contributed by atoms with Gasteiger partial charge in [-0.3, -0.25) is 0 Å². The number of carboxylic acid groups (broad SMARTS) is 1. The molecule has 0 unspecified atom stereocenters. The fraction of sp³-hybridized carbons (Fsp3) is 0.111. The van der Waals surface area contributed by atoms with Gasteiger partial charge in [-0.25, -0.2) is 4.79 Å². The maximum atomic E-state index is 11.3. The van der Waals surface area contributed by atoms with Crippen LogP contribution in [0.3, 0.4) is 0 Å². The van der Waals surface area contributed by atoms with Crippen LogP contribution in [0.4, 0.5) is 0 Å². The molecule has 104 valence electrons. The molecule has 0 fully saturated rings. The Kier molecular flexibility index (Phi) is 4.53. The standard InChI is InChI=1S/C18H15NO2/c1-2-14(17(12-19)18(20)21)16-11-7-6-10-15(16)13-8-4-3-5-9-13/h3-11H,2H2,1H3,(H,20,21). The van der Waals surface area contributed by atoms with Crippen LogP contribution < -0.4 is 0 Å². The van der Waals surface area contributed by atoms with Gasteiger partial charge in [0.25, 0.3) is 0 Å². The zero-order valence-corrected chi connectivity index (χ0v) is 11.7. The first-order valence-corrected chi connectivity index (χ1v) is 6.70. The molecule has 2 rings (SSSR count). The first kappa shape index (κ1) is 14.5. The number of carbonyl (C=O) groups is 1. The van der Waals surface area contributed by atoms with Gasteiger partial charge >= 0.3 is 5.97 Å². The van der Waals surface area contributed by atoms with Gasteiger partial charge in [0.15, 0.2) is 0 Å². The maximum absolute atomic E-state index is 11.3. The van der Waals surface area contributed by atoms with Gasteiger partial charge in [-0.2, -0.15) is 5.26 Å². The Labute approximate surface area is 123 Å². The van der Waals surface area contributed by atoms with Crippen molar-refractivity contribution in [2.24, 2.45) is 0 Å². The monoisotopic (exact) mass is 277 g/mol. The normalized spacial score (nSPS) is 11.4. The summed E-state index contributed by atoms with van der Waals surface area (Å²) in [6, 6.07) is 19.1. The summed E-state index contributed by atoms with van der Waals surface area (Å²) in [6.45, 7) is 1.86. The third-order valence-electron chi connectivity index (χ3n) is 3.32. The number of benzene rings is 2. The Balaban J connectivity index is 2.71. The molecule has 3 nitrogen and oxygen atoms in total. The quantitative estimate of drug-likeness (QED) is 0.675. The van der Waals surface area contributed by atoms with E-state index in [9.17, 15) is 9.90 Å². The highest BCUT2D eigenvalue weighted by Gasteiger charge is 2.17. The van der Waals surface area contributed by atoms with E-state index < -0.39 is 5.97 Å². The summed E-state index contributed by atoms with van der Waals surface area (Å²) in [5, 5.41) is 18.3. The summed E-state index contributed by atoms with van der Waals surface area (Å²) in [4.78, 5) is 11.3. The lowest BCUT2D eigenvalue weighted by molar-refractivity contribution is -0.132. The van der Waals surface area contributed by atoms with Gasteiger partial charge in [0.05, 0.1) is 0 Å². The van der Waals surface area contributed by atoms with Crippen molar-refractivity contribution in [3.05, 3.63) is 65.7 Å². The summed E-state index contributed by atoms with van der Waals surface area (Å²) in [6.07, 6.45) is 0.485. The van der Waals surface area contributed by atoms with Gasteiger partial charge in [0.2, 0.25) is 0 Å². The molecule has 0 amide bonds. The molecule has 0 saturated heterocycles. The van der Waals surface area contributed by atoms with Crippen molar-refractivity contribution in [3.63, 3.8) is 0 Å². The average molecular weight is 277 g/mol. The minimum absolute atomic E-state index is 0.194. The van der Waals surface area contributed by atoms with E-state index >= 15 is 0 Å². The second kappa shape index (κ2) is 6.53. The molecule has 3 heteroatoms. The largest absolute Gasteiger partial charge is 0.477 e. The first-order valence-electron chi connectivity index (χ1n) is 6.70. The fourth-order valence-electron chi connectivity index (χ4n) is 2.36. The van der Waals surface area contributed by atoms with Gasteiger partial charge in [-0.1, -0.05) is 61.5 Å². The third kappa shape index (κ3) is 3.01. The zero-order chi connectivity index (χ0) is 15.2. The number of nitriles is 1. The van der Waals surface area contributed by atoms with Crippen LogP contribution in [-0.2, 0) is 4.79 Å². The summed E-state index contributed by atoms with van der Waals surface area (Å²) >= 11 is 0. The average Bonchev–Trinajstić information content (AvgIpc) is 2.53. The predicted molar refractivity (Wildman–Crippen MR) is 82.3 cm³/mol. The van der Waals surface area contributed by atoms with E-state index in [0.717, 1.165) is 16.7 Å². The molecule has 0 aliphatic heterocycles. The first-order chi connectivity index (χ1) is 10.2. The van der Waals surface area contributed by atoms with Crippen LogP contribution >= 0.6 is 0 Å². The smallest absolute Gasteiger partial charge is 0.346 e. The van der Waals surface area contributed by atoms with Crippen LogP contribution in [0.2, 0.25) is 0 Å². The molecule has 2 aromatic carbocycles. The number of nitrogens with zero attached hydrogens (tertiary/aromatic N) is 1. The van der Waals surface area contributed by atoms with Crippen LogP contribution in [0.25, 0.3) is 16.7 Å². The molecular weight excluding hydrogens is 262 g/mol. The van der Waals surface area contributed by atoms with Gasteiger partial charge in [-0.05, 0) is 28.7 Å².